The minimum atomic E-state index is -3.55. The second kappa shape index (κ2) is 6.62. The summed E-state index contributed by atoms with van der Waals surface area (Å²) in [4.78, 5) is 9.03. The Hall–Kier alpha value is -3.00. The molecule has 0 bridgehead atoms. The average Bonchev–Trinajstić information content (AvgIpc) is 3.14. The van der Waals surface area contributed by atoms with E-state index in [9.17, 15) is 8.42 Å². The zero-order valence-electron chi connectivity index (χ0n) is 14.9. The van der Waals surface area contributed by atoms with Gasteiger partial charge in [0.05, 0.1) is 42.0 Å². The Kier molecular flexibility index (Phi) is 4.27. The summed E-state index contributed by atoms with van der Waals surface area (Å²) < 4.78 is 30.9. The molecule has 1 aliphatic heterocycles. The summed E-state index contributed by atoms with van der Waals surface area (Å²) in [6, 6.07) is 14.4. The van der Waals surface area contributed by atoms with Gasteiger partial charge in [0, 0.05) is 6.42 Å². The maximum Gasteiger partial charge on any atom is 0.247 e. The summed E-state index contributed by atoms with van der Waals surface area (Å²) in [6.45, 7) is 0. The molecule has 0 saturated carbocycles. The zero-order valence-corrected chi connectivity index (χ0v) is 15.7. The molecule has 1 aliphatic rings. The first-order chi connectivity index (χ1) is 13.0. The Balaban J connectivity index is 1.73. The smallest absolute Gasteiger partial charge is 0.247 e. The lowest BCUT2D eigenvalue weighted by molar-refractivity contribution is 0.368. The van der Waals surface area contributed by atoms with Gasteiger partial charge in [-0.15, -0.1) is 0 Å². The zero-order chi connectivity index (χ0) is 19.0. The third kappa shape index (κ3) is 3.35. The Morgan fingerprint density at radius 3 is 2.44 bits per heavy atom. The highest BCUT2D eigenvalue weighted by molar-refractivity contribution is 7.88. The molecule has 7 nitrogen and oxygen atoms in total. The molecule has 2 aromatic carbocycles. The maximum absolute atomic E-state index is 12.3. The summed E-state index contributed by atoms with van der Waals surface area (Å²) in [5.74, 6) is 0.731. The van der Waals surface area contributed by atoms with Gasteiger partial charge in [-0.3, -0.25) is 4.98 Å². The van der Waals surface area contributed by atoms with E-state index < -0.39 is 16.1 Å². The Labute approximate surface area is 157 Å². The fourth-order valence-corrected chi connectivity index (χ4v) is 4.00. The summed E-state index contributed by atoms with van der Waals surface area (Å²) in [5.41, 5.74) is 3.60. The highest BCUT2D eigenvalue weighted by atomic mass is 32.2. The van der Waals surface area contributed by atoms with E-state index in [1.54, 1.807) is 13.3 Å². The van der Waals surface area contributed by atoms with Crippen molar-refractivity contribution in [2.45, 2.75) is 12.5 Å². The number of aromatic nitrogens is 2. The Morgan fingerprint density at radius 1 is 1.07 bits per heavy atom. The van der Waals surface area contributed by atoms with Gasteiger partial charge in [0.2, 0.25) is 10.0 Å². The van der Waals surface area contributed by atoms with Gasteiger partial charge in [-0.2, -0.15) is 9.52 Å². The van der Waals surface area contributed by atoms with Crippen LogP contribution in [-0.4, -0.2) is 41.9 Å². The first-order valence-electron chi connectivity index (χ1n) is 8.39. The standard InChI is InChI=1S/C19H18N4O3S/c1-26-14-9-7-13(8-10-14)17-11-19(23(22-17)27(2,24)25)18-12-20-15-5-3-4-6-16(15)21-18/h3-10,12,19H,11H2,1-2H3/t19-/m0/s1. The van der Waals surface area contributed by atoms with Crippen molar-refractivity contribution in [3.05, 3.63) is 66.0 Å². The van der Waals surface area contributed by atoms with Gasteiger partial charge in [-0.1, -0.05) is 12.1 Å². The van der Waals surface area contributed by atoms with Crippen LogP contribution in [0.4, 0.5) is 0 Å². The van der Waals surface area contributed by atoms with Gasteiger partial charge in [-0.05, 0) is 42.0 Å². The van der Waals surface area contributed by atoms with Crippen LogP contribution in [0.15, 0.2) is 59.8 Å². The minimum absolute atomic E-state index is 0.423. The van der Waals surface area contributed by atoms with E-state index in [1.807, 2.05) is 48.5 Å². The molecule has 3 aromatic rings. The van der Waals surface area contributed by atoms with Crippen molar-refractivity contribution in [1.82, 2.24) is 14.4 Å². The summed E-state index contributed by atoms with van der Waals surface area (Å²) in [7, 11) is -1.95. The summed E-state index contributed by atoms with van der Waals surface area (Å²) in [5, 5.41) is 4.38. The molecule has 0 saturated heterocycles. The number of fused-ring (bicyclic) bond motifs is 1. The molecule has 2 heterocycles. The third-order valence-corrected chi connectivity index (χ3v) is 5.46. The van der Waals surface area contributed by atoms with Crippen molar-refractivity contribution in [2.75, 3.05) is 13.4 Å². The van der Waals surface area contributed by atoms with E-state index in [4.69, 9.17) is 4.74 Å². The number of methoxy groups -OCH3 is 1. The lowest BCUT2D eigenvalue weighted by Crippen LogP contribution is -2.26. The van der Waals surface area contributed by atoms with Crippen molar-refractivity contribution >= 4 is 26.8 Å². The van der Waals surface area contributed by atoms with E-state index in [-0.39, 0.29) is 0 Å². The first kappa shape index (κ1) is 17.4. The van der Waals surface area contributed by atoms with Crippen LogP contribution in [0, 0.1) is 0 Å². The quantitative estimate of drug-likeness (QED) is 0.693. The lowest BCUT2D eigenvalue weighted by Gasteiger charge is -2.20. The molecule has 0 spiro atoms. The second-order valence-electron chi connectivity index (χ2n) is 6.31. The normalized spacial score (nSPS) is 17.2. The van der Waals surface area contributed by atoms with Crippen LogP contribution < -0.4 is 4.74 Å². The minimum Gasteiger partial charge on any atom is -0.497 e. The number of benzene rings is 2. The topological polar surface area (TPSA) is 84.8 Å². The Morgan fingerprint density at radius 2 is 1.78 bits per heavy atom. The van der Waals surface area contributed by atoms with E-state index in [2.05, 4.69) is 15.1 Å². The molecule has 0 fully saturated rings. The van der Waals surface area contributed by atoms with Crippen molar-refractivity contribution < 1.29 is 13.2 Å². The number of sulfonamides is 1. The van der Waals surface area contributed by atoms with E-state index in [0.717, 1.165) is 33.0 Å². The number of ether oxygens (including phenoxy) is 1. The third-order valence-electron chi connectivity index (χ3n) is 4.44. The van der Waals surface area contributed by atoms with Crippen LogP contribution in [-0.2, 0) is 10.0 Å². The molecule has 8 heteroatoms. The van der Waals surface area contributed by atoms with Crippen molar-refractivity contribution in [2.24, 2.45) is 5.10 Å². The Bertz CT molecular complexity index is 1130. The number of hydrazone groups is 1. The average molecular weight is 382 g/mol. The van der Waals surface area contributed by atoms with Crippen LogP contribution in [0.3, 0.4) is 0 Å². The number of nitrogens with zero attached hydrogens (tertiary/aromatic N) is 4. The fraction of sp³-hybridized carbons (Fsp3) is 0.211. The summed E-state index contributed by atoms with van der Waals surface area (Å²) >= 11 is 0. The summed E-state index contributed by atoms with van der Waals surface area (Å²) in [6.07, 6.45) is 3.19. The predicted molar refractivity (Wildman–Crippen MR) is 103 cm³/mol. The van der Waals surface area contributed by atoms with E-state index >= 15 is 0 Å². The molecular weight excluding hydrogens is 364 g/mol. The van der Waals surface area contributed by atoms with Crippen molar-refractivity contribution in [3.8, 4) is 5.75 Å². The van der Waals surface area contributed by atoms with E-state index in [1.165, 1.54) is 0 Å². The second-order valence-corrected chi connectivity index (χ2v) is 8.15. The van der Waals surface area contributed by atoms with Crippen LogP contribution in [0.5, 0.6) is 5.75 Å². The lowest BCUT2D eigenvalue weighted by atomic mass is 10.0. The van der Waals surface area contributed by atoms with Crippen LogP contribution in [0.25, 0.3) is 11.0 Å². The van der Waals surface area contributed by atoms with Crippen molar-refractivity contribution in [1.29, 1.82) is 0 Å². The molecule has 138 valence electrons. The molecule has 0 N–H and O–H groups in total. The molecule has 4 rings (SSSR count). The number of hydrogen-bond acceptors (Lipinski definition) is 6. The highest BCUT2D eigenvalue weighted by Gasteiger charge is 2.35. The maximum atomic E-state index is 12.3. The molecule has 0 amide bonds. The van der Waals surface area contributed by atoms with Gasteiger partial charge in [0.1, 0.15) is 11.8 Å². The molecule has 27 heavy (non-hydrogen) atoms. The molecular formula is C19H18N4O3S. The van der Waals surface area contributed by atoms with Gasteiger partial charge in [-0.25, -0.2) is 13.4 Å². The molecule has 1 aromatic heterocycles. The monoisotopic (exact) mass is 382 g/mol. The van der Waals surface area contributed by atoms with Gasteiger partial charge >= 0.3 is 0 Å². The van der Waals surface area contributed by atoms with Gasteiger partial charge in [0.15, 0.2) is 0 Å². The fourth-order valence-electron chi connectivity index (χ4n) is 3.10. The predicted octanol–water partition coefficient (Wildman–Crippen LogP) is 2.75. The largest absolute Gasteiger partial charge is 0.497 e. The van der Waals surface area contributed by atoms with E-state index in [0.29, 0.717) is 17.8 Å². The van der Waals surface area contributed by atoms with Crippen LogP contribution in [0.2, 0.25) is 0 Å². The number of hydrogen-bond donors (Lipinski definition) is 0. The molecule has 0 aliphatic carbocycles. The van der Waals surface area contributed by atoms with Gasteiger partial charge in [0.25, 0.3) is 0 Å². The molecule has 1 atom stereocenters. The van der Waals surface area contributed by atoms with Crippen LogP contribution >= 0.6 is 0 Å². The molecule has 0 radical (unpaired) electrons. The number of rotatable bonds is 4. The van der Waals surface area contributed by atoms with Crippen LogP contribution in [0.1, 0.15) is 23.7 Å². The SMILES string of the molecule is COc1ccc(C2=NN(S(C)(=O)=O)[C@H](c3cnc4ccccc4n3)C2)cc1. The highest BCUT2D eigenvalue weighted by Crippen LogP contribution is 2.34. The van der Waals surface area contributed by atoms with Crippen molar-refractivity contribution in [3.63, 3.8) is 0 Å². The number of para-hydroxylation sites is 2. The van der Waals surface area contributed by atoms with Gasteiger partial charge < -0.3 is 4.74 Å². The first-order valence-corrected chi connectivity index (χ1v) is 10.2. The molecule has 0 unspecified atom stereocenters.